The fraction of sp³-hybridized carbons (Fsp3) is 0.138. The molecule has 1 aliphatic rings. The first-order valence-corrected chi connectivity index (χ1v) is 13.0. The van der Waals surface area contributed by atoms with E-state index in [4.69, 9.17) is 15.2 Å². The molecule has 4 aromatic carbocycles. The minimum Gasteiger partial charge on any atom is -0.483 e. The number of nitrogens with zero attached hydrogens (tertiary/aromatic N) is 1. The van der Waals surface area contributed by atoms with Crippen LogP contribution >= 0.6 is 11.8 Å². The smallest absolute Gasteiger partial charge is 0.286 e. The van der Waals surface area contributed by atoms with E-state index in [-0.39, 0.29) is 17.3 Å². The number of imide groups is 1. The third kappa shape index (κ3) is 4.88. The fourth-order valence-electron chi connectivity index (χ4n) is 4.45. The number of imidazole rings is 1. The molecule has 2 heterocycles. The van der Waals surface area contributed by atoms with Crippen molar-refractivity contribution in [1.29, 1.82) is 0 Å². The zero-order chi connectivity index (χ0) is 26.2. The highest BCUT2D eigenvalue weighted by atomic mass is 32.2. The molecule has 0 aliphatic carbocycles. The van der Waals surface area contributed by atoms with E-state index in [9.17, 15) is 9.59 Å². The van der Waals surface area contributed by atoms with Gasteiger partial charge in [0.1, 0.15) is 23.1 Å². The van der Waals surface area contributed by atoms with Crippen LogP contribution in [0.1, 0.15) is 24.4 Å². The predicted molar refractivity (Wildman–Crippen MR) is 149 cm³/mol. The summed E-state index contributed by atoms with van der Waals surface area (Å²) in [6.07, 6.45) is 0.161. The van der Waals surface area contributed by atoms with Crippen LogP contribution in [0.5, 0.6) is 17.2 Å². The van der Waals surface area contributed by atoms with Crippen molar-refractivity contribution in [1.82, 2.24) is 15.3 Å². The Hall–Kier alpha value is -4.50. The van der Waals surface area contributed by atoms with E-state index >= 15 is 0 Å². The Morgan fingerprint density at radius 2 is 1.74 bits per heavy atom. The number of nitrogens with one attached hydrogen (secondary N) is 2. The molecule has 0 bridgehead atoms. The lowest BCUT2D eigenvalue weighted by atomic mass is 10.1. The molecule has 2 unspecified atom stereocenters. The van der Waals surface area contributed by atoms with Crippen LogP contribution in [-0.4, -0.2) is 26.4 Å². The Morgan fingerprint density at radius 3 is 2.53 bits per heavy atom. The molecule has 6 rings (SSSR count). The minimum atomic E-state index is -0.392. The van der Waals surface area contributed by atoms with Gasteiger partial charge in [0.15, 0.2) is 6.10 Å². The van der Waals surface area contributed by atoms with Crippen LogP contribution in [0.15, 0.2) is 78.9 Å². The van der Waals surface area contributed by atoms with Gasteiger partial charge < -0.3 is 20.2 Å². The van der Waals surface area contributed by atoms with Gasteiger partial charge in [0, 0.05) is 17.1 Å². The van der Waals surface area contributed by atoms with Gasteiger partial charge in [0.05, 0.1) is 16.3 Å². The van der Waals surface area contributed by atoms with Gasteiger partial charge in [-0.3, -0.25) is 14.9 Å². The zero-order valence-electron chi connectivity index (χ0n) is 20.4. The standard InChI is InChI=1S/C29H24N4O4S/c1-16(36-19-8-5-17(6-9-19)13-26-28(34)33-29(35)38-26)27-31-24-12-11-21(15-25(24)32-27)37-20-10-7-18-3-2-4-23(30)22(18)14-20/h2-12,14-16,26H,13,30H2,1H3,(H,31,32)(H,33,34,35). The Balaban J connectivity index is 1.13. The summed E-state index contributed by atoms with van der Waals surface area (Å²) in [7, 11) is 0. The quantitative estimate of drug-likeness (QED) is 0.219. The monoisotopic (exact) mass is 524 g/mol. The summed E-state index contributed by atoms with van der Waals surface area (Å²) in [4.78, 5) is 31.2. The van der Waals surface area contributed by atoms with Gasteiger partial charge in [-0.1, -0.05) is 42.1 Å². The van der Waals surface area contributed by atoms with Crippen LogP contribution in [0.25, 0.3) is 21.8 Å². The molecule has 2 amide bonds. The van der Waals surface area contributed by atoms with Gasteiger partial charge in [0.25, 0.3) is 5.24 Å². The van der Waals surface area contributed by atoms with E-state index in [1.807, 2.05) is 85.8 Å². The highest BCUT2D eigenvalue weighted by molar-refractivity contribution is 8.15. The summed E-state index contributed by atoms with van der Waals surface area (Å²) in [5, 5.41) is 3.64. The maximum absolute atomic E-state index is 11.8. The molecule has 1 aromatic heterocycles. The third-order valence-electron chi connectivity index (χ3n) is 6.40. The Kier molecular flexibility index (Phi) is 6.13. The molecule has 8 nitrogen and oxygen atoms in total. The lowest BCUT2D eigenvalue weighted by Gasteiger charge is -2.13. The zero-order valence-corrected chi connectivity index (χ0v) is 21.2. The number of anilines is 1. The van der Waals surface area contributed by atoms with Crippen molar-refractivity contribution in [2.24, 2.45) is 0 Å². The number of aromatic amines is 1. The first-order chi connectivity index (χ1) is 18.4. The fourth-order valence-corrected chi connectivity index (χ4v) is 5.31. The molecular weight excluding hydrogens is 500 g/mol. The van der Waals surface area contributed by atoms with Gasteiger partial charge in [0.2, 0.25) is 5.91 Å². The van der Waals surface area contributed by atoms with E-state index in [1.165, 1.54) is 0 Å². The van der Waals surface area contributed by atoms with E-state index in [2.05, 4.69) is 15.3 Å². The molecule has 1 aliphatic heterocycles. The lowest BCUT2D eigenvalue weighted by Crippen LogP contribution is -2.25. The number of aromatic nitrogens is 2. The number of rotatable bonds is 7. The van der Waals surface area contributed by atoms with Crippen LogP contribution in [-0.2, 0) is 11.2 Å². The number of thioether (sulfide) groups is 1. The summed E-state index contributed by atoms with van der Waals surface area (Å²) in [6, 6.07) is 24.9. The van der Waals surface area contributed by atoms with Crippen molar-refractivity contribution in [2.75, 3.05) is 5.73 Å². The number of benzene rings is 4. The van der Waals surface area contributed by atoms with Crippen molar-refractivity contribution in [2.45, 2.75) is 24.7 Å². The molecule has 5 aromatic rings. The SMILES string of the molecule is CC(Oc1ccc(CC2SC(=O)NC2=O)cc1)c1nc2ccc(Oc3ccc4cccc(N)c4c3)cc2[nH]1. The summed E-state index contributed by atoms with van der Waals surface area (Å²) < 4.78 is 12.2. The topological polar surface area (TPSA) is 119 Å². The van der Waals surface area contributed by atoms with Crippen LogP contribution in [0.2, 0.25) is 0 Å². The first-order valence-electron chi connectivity index (χ1n) is 12.1. The number of nitrogens with two attached hydrogens (primary N) is 1. The summed E-state index contributed by atoms with van der Waals surface area (Å²) >= 11 is 1.03. The summed E-state index contributed by atoms with van der Waals surface area (Å²) in [6.45, 7) is 1.92. The van der Waals surface area contributed by atoms with Crippen molar-refractivity contribution < 1.29 is 19.1 Å². The van der Waals surface area contributed by atoms with Gasteiger partial charge >= 0.3 is 0 Å². The van der Waals surface area contributed by atoms with Gasteiger partial charge in [-0.15, -0.1) is 0 Å². The van der Waals surface area contributed by atoms with Crippen LogP contribution in [0.4, 0.5) is 10.5 Å². The van der Waals surface area contributed by atoms with E-state index < -0.39 is 5.25 Å². The van der Waals surface area contributed by atoms with Crippen molar-refractivity contribution in [3.05, 3.63) is 90.3 Å². The number of nitrogen functional groups attached to an aromatic ring is 1. The molecule has 38 heavy (non-hydrogen) atoms. The number of hydrogen-bond acceptors (Lipinski definition) is 7. The Labute approximate surface area is 222 Å². The number of ether oxygens (including phenoxy) is 2. The van der Waals surface area contributed by atoms with Gasteiger partial charge in [-0.25, -0.2) is 4.98 Å². The number of carbonyl (C=O) groups excluding carboxylic acids is 2. The van der Waals surface area contributed by atoms with Crippen LogP contribution in [0, 0.1) is 0 Å². The number of amides is 2. The second-order valence-corrected chi connectivity index (χ2v) is 10.3. The van der Waals surface area contributed by atoms with E-state index in [1.54, 1.807) is 0 Å². The highest BCUT2D eigenvalue weighted by Gasteiger charge is 2.31. The molecular formula is C29H24N4O4S. The van der Waals surface area contributed by atoms with E-state index in [0.717, 1.165) is 39.1 Å². The van der Waals surface area contributed by atoms with E-state index in [0.29, 0.717) is 35.2 Å². The largest absolute Gasteiger partial charge is 0.483 e. The lowest BCUT2D eigenvalue weighted by molar-refractivity contribution is -0.118. The number of fused-ring (bicyclic) bond motifs is 2. The van der Waals surface area contributed by atoms with Gasteiger partial charge in [-0.05, 0) is 66.8 Å². The molecule has 4 N–H and O–H groups in total. The van der Waals surface area contributed by atoms with Crippen molar-refractivity contribution >= 4 is 50.4 Å². The first kappa shape index (κ1) is 23.9. The molecule has 1 saturated heterocycles. The summed E-state index contributed by atoms with van der Waals surface area (Å²) in [5.41, 5.74) is 9.43. The second-order valence-electron chi connectivity index (χ2n) is 9.12. The maximum Gasteiger partial charge on any atom is 0.286 e. The van der Waals surface area contributed by atoms with Crippen LogP contribution < -0.4 is 20.5 Å². The molecule has 9 heteroatoms. The average Bonchev–Trinajstić information content (AvgIpc) is 3.47. The second kappa shape index (κ2) is 9.75. The minimum absolute atomic E-state index is 0.241. The molecule has 0 saturated carbocycles. The van der Waals surface area contributed by atoms with Gasteiger partial charge in [-0.2, -0.15) is 0 Å². The normalized spacial score (nSPS) is 16.1. The number of hydrogen-bond donors (Lipinski definition) is 3. The van der Waals surface area contributed by atoms with Crippen LogP contribution in [0.3, 0.4) is 0 Å². The Bertz CT molecular complexity index is 1680. The van der Waals surface area contributed by atoms with Crippen molar-refractivity contribution in [3.63, 3.8) is 0 Å². The number of H-pyrrole nitrogens is 1. The maximum atomic E-state index is 11.8. The summed E-state index contributed by atoms with van der Waals surface area (Å²) in [5.74, 6) is 2.52. The molecule has 0 spiro atoms. The average molecular weight is 525 g/mol. The Morgan fingerprint density at radius 1 is 0.974 bits per heavy atom. The molecule has 0 radical (unpaired) electrons. The predicted octanol–water partition coefficient (Wildman–Crippen LogP) is 6.12. The molecule has 190 valence electrons. The third-order valence-corrected chi connectivity index (χ3v) is 7.39. The number of carbonyl (C=O) groups is 2. The highest BCUT2D eigenvalue weighted by Crippen LogP contribution is 2.31. The molecule has 1 fully saturated rings. The van der Waals surface area contributed by atoms with Crippen molar-refractivity contribution in [3.8, 4) is 17.2 Å². The molecule has 2 atom stereocenters.